The van der Waals surface area contributed by atoms with E-state index in [1.807, 2.05) is 0 Å². The van der Waals surface area contributed by atoms with Crippen LogP contribution in [0.15, 0.2) is 4.99 Å². The first-order chi connectivity index (χ1) is 7.36. The normalized spacial score (nSPS) is 20.4. The smallest absolute Gasteiger partial charge is 0.191 e. The molecule has 1 saturated heterocycles. The molecule has 1 unspecified atom stereocenters. The summed E-state index contributed by atoms with van der Waals surface area (Å²) in [6, 6.07) is 0. The van der Waals surface area contributed by atoms with Crippen LogP contribution in [0, 0.1) is 0 Å². The van der Waals surface area contributed by atoms with E-state index in [0.717, 1.165) is 32.1 Å². The zero-order valence-corrected chi connectivity index (χ0v) is 12.3. The van der Waals surface area contributed by atoms with Gasteiger partial charge in [0.1, 0.15) is 0 Å². The van der Waals surface area contributed by atoms with Gasteiger partial charge in [-0.15, -0.1) is 24.0 Å². The largest absolute Gasteiger partial charge is 0.383 e. The highest BCUT2D eigenvalue weighted by Gasteiger charge is 2.15. The highest BCUT2D eigenvalue weighted by molar-refractivity contribution is 14.0. The molecule has 6 heteroatoms. The predicted octanol–water partition coefficient (Wildman–Crippen LogP) is 0.595. The molecule has 1 rings (SSSR count). The number of aliphatic imine (C=N–C) groups is 1. The fourth-order valence-electron chi connectivity index (χ4n) is 1.51. The molecule has 0 aromatic rings. The molecule has 1 aliphatic rings. The third-order valence-corrected chi connectivity index (χ3v) is 2.34. The average molecular weight is 343 g/mol. The Hall–Kier alpha value is -0.0800. The van der Waals surface area contributed by atoms with Gasteiger partial charge in [0.05, 0.1) is 12.7 Å². The topological polar surface area (TPSA) is 54.9 Å². The molecule has 0 radical (unpaired) electrons. The first kappa shape index (κ1) is 15.9. The molecule has 5 nitrogen and oxygen atoms in total. The van der Waals surface area contributed by atoms with Crippen molar-refractivity contribution in [2.75, 3.05) is 40.5 Å². The molecule has 0 aromatic heterocycles. The van der Waals surface area contributed by atoms with Gasteiger partial charge in [0, 0.05) is 33.9 Å². The van der Waals surface area contributed by atoms with Gasteiger partial charge in [0.15, 0.2) is 5.96 Å². The molecular weight excluding hydrogens is 321 g/mol. The van der Waals surface area contributed by atoms with Crippen LogP contribution in [0.4, 0.5) is 0 Å². The Balaban J connectivity index is 0.00000225. The summed E-state index contributed by atoms with van der Waals surface area (Å²) in [5.41, 5.74) is 0. The van der Waals surface area contributed by atoms with E-state index in [4.69, 9.17) is 9.47 Å². The van der Waals surface area contributed by atoms with E-state index in [1.165, 1.54) is 6.42 Å². The molecule has 0 saturated carbocycles. The molecule has 0 bridgehead atoms. The molecule has 0 amide bonds. The number of nitrogens with zero attached hydrogens (tertiary/aromatic N) is 1. The van der Waals surface area contributed by atoms with Crippen LogP contribution in [0.1, 0.15) is 12.8 Å². The zero-order valence-electron chi connectivity index (χ0n) is 9.99. The summed E-state index contributed by atoms with van der Waals surface area (Å²) in [6.45, 7) is 3.16. The summed E-state index contributed by atoms with van der Waals surface area (Å²) >= 11 is 0. The summed E-state index contributed by atoms with van der Waals surface area (Å²) in [5.74, 6) is 0.808. The van der Waals surface area contributed by atoms with E-state index in [9.17, 15) is 0 Å². The first-order valence-electron chi connectivity index (χ1n) is 5.42. The Bertz CT molecular complexity index is 197. The van der Waals surface area contributed by atoms with Gasteiger partial charge >= 0.3 is 0 Å². The van der Waals surface area contributed by atoms with Crippen LogP contribution < -0.4 is 10.6 Å². The van der Waals surface area contributed by atoms with Gasteiger partial charge in [-0.3, -0.25) is 4.99 Å². The van der Waals surface area contributed by atoms with Crippen molar-refractivity contribution in [1.29, 1.82) is 0 Å². The Kier molecular flexibility index (Phi) is 10.0. The van der Waals surface area contributed by atoms with Crippen molar-refractivity contribution in [3.63, 3.8) is 0 Å². The van der Waals surface area contributed by atoms with Crippen LogP contribution in [-0.2, 0) is 9.47 Å². The molecule has 0 aromatic carbocycles. The number of hydrogen-bond donors (Lipinski definition) is 2. The second-order valence-electron chi connectivity index (χ2n) is 3.51. The average Bonchev–Trinajstić information content (AvgIpc) is 2.76. The van der Waals surface area contributed by atoms with Crippen molar-refractivity contribution in [2.45, 2.75) is 18.9 Å². The highest BCUT2D eigenvalue weighted by atomic mass is 127. The number of rotatable bonds is 5. The summed E-state index contributed by atoms with van der Waals surface area (Å²) in [5, 5.41) is 6.38. The third-order valence-electron chi connectivity index (χ3n) is 2.34. The second-order valence-corrected chi connectivity index (χ2v) is 3.51. The number of nitrogens with one attached hydrogen (secondary N) is 2. The van der Waals surface area contributed by atoms with E-state index in [-0.39, 0.29) is 24.0 Å². The predicted molar refractivity (Wildman–Crippen MR) is 75.6 cm³/mol. The quantitative estimate of drug-likeness (QED) is 0.332. The van der Waals surface area contributed by atoms with Crippen molar-refractivity contribution >= 4 is 29.9 Å². The molecule has 96 valence electrons. The fourth-order valence-corrected chi connectivity index (χ4v) is 1.51. The van der Waals surface area contributed by atoms with Crippen LogP contribution >= 0.6 is 24.0 Å². The Morgan fingerprint density at radius 2 is 2.31 bits per heavy atom. The summed E-state index contributed by atoms with van der Waals surface area (Å²) in [7, 11) is 3.45. The number of hydrogen-bond acceptors (Lipinski definition) is 3. The maximum absolute atomic E-state index is 5.50. The van der Waals surface area contributed by atoms with Crippen molar-refractivity contribution < 1.29 is 9.47 Å². The van der Waals surface area contributed by atoms with E-state index >= 15 is 0 Å². The minimum atomic E-state index is 0. The fraction of sp³-hybridized carbons (Fsp3) is 0.900. The maximum Gasteiger partial charge on any atom is 0.191 e. The summed E-state index contributed by atoms with van der Waals surface area (Å²) in [6.07, 6.45) is 2.65. The van der Waals surface area contributed by atoms with Gasteiger partial charge in [-0.05, 0) is 12.8 Å². The molecular formula is C10H22IN3O2. The van der Waals surface area contributed by atoms with Crippen molar-refractivity contribution in [2.24, 2.45) is 4.99 Å². The summed E-state index contributed by atoms with van der Waals surface area (Å²) < 4.78 is 10.4. The Labute approximate surface area is 114 Å². The van der Waals surface area contributed by atoms with Crippen LogP contribution in [0.25, 0.3) is 0 Å². The van der Waals surface area contributed by atoms with E-state index < -0.39 is 0 Å². The number of ether oxygens (including phenoxy) is 2. The lowest BCUT2D eigenvalue weighted by molar-refractivity contribution is 0.113. The third kappa shape index (κ3) is 6.49. The zero-order chi connectivity index (χ0) is 10.9. The first-order valence-corrected chi connectivity index (χ1v) is 5.42. The van der Waals surface area contributed by atoms with Gasteiger partial charge in [0.25, 0.3) is 0 Å². The van der Waals surface area contributed by atoms with Gasteiger partial charge in [-0.1, -0.05) is 0 Å². The molecule has 1 fully saturated rings. The summed E-state index contributed by atoms with van der Waals surface area (Å²) in [4.78, 5) is 4.10. The van der Waals surface area contributed by atoms with Crippen molar-refractivity contribution in [1.82, 2.24) is 10.6 Å². The standard InChI is InChI=1S/C10H21N3O2.HI/c1-11-10(12-5-7-14-2)13-8-9-4-3-6-15-9;/h9H,3-8H2,1-2H3,(H2,11,12,13);1H. The van der Waals surface area contributed by atoms with Crippen LogP contribution in [-0.4, -0.2) is 52.5 Å². The van der Waals surface area contributed by atoms with Gasteiger partial charge in [-0.2, -0.15) is 0 Å². The molecule has 1 aliphatic heterocycles. The van der Waals surface area contributed by atoms with Crippen LogP contribution in [0.3, 0.4) is 0 Å². The minimum Gasteiger partial charge on any atom is -0.383 e. The maximum atomic E-state index is 5.50. The lowest BCUT2D eigenvalue weighted by Gasteiger charge is -2.14. The molecule has 0 spiro atoms. The molecule has 1 heterocycles. The van der Waals surface area contributed by atoms with E-state index in [1.54, 1.807) is 14.2 Å². The van der Waals surface area contributed by atoms with E-state index in [0.29, 0.717) is 12.7 Å². The van der Waals surface area contributed by atoms with Crippen molar-refractivity contribution in [3.05, 3.63) is 0 Å². The van der Waals surface area contributed by atoms with Gasteiger partial charge < -0.3 is 20.1 Å². The van der Waals surface area contributed by atoms with Crippen molar-refractivity contribution in [3.8, 4) is 0 Å². The minimum absolute atomic E-state index is 0. The molecule has 0 aliphatic carbocycles. The highest BCUT2D eigenvalue weighted by Crippen LogP contribution is 2.10. The lowest BCUT2D eigenvalue weighted by Crippen LogP contribution is -2.42. The monoisotopic (exact) mass is 343 g/mol. The van der Waals surface area contributed by atoms with Crippen LogP contribution in [0.2, 0.25) is 0 Å². The van der Waals surface area contributed by atoms with Gasteiger partial charge in [-0.25, -0.2) is 0 Å². The molecule has 1 atom stereocenters. The Morgan fingerprint density at radius 1 is 1.50 bits per heavy atom. The van der Waals surface area contributed by atoms with Crippen LogP contribution in [0.5, 0.6) is 0 Å². The van der Waals surface area contributed by atoms with E-state index in [2.05, 4.69) is 15.6 Å². The number of methoxy groups -OCH3 is 1. The second kappa shape index (κ2) is 10.1. The van der Waals surface area contributed by atoms with Gasteiger partial charge in [0.2, 0.25) is 0 Å². The Morgan fingerprint density at radius 3 is 2.88 bits per heavy atom. The SMILES string of the molecule is CN=C(NCCOC)NCC1CCCO1.I. The number of guanidine groups is 1. The number of halogens is 1. The lowest BCUT2D eigenvalue weighted by atomic mass is 10.2. The molecule has 16 heavy (non-hydrogen) atoms. The molecule has 2 N–H and O–H groups in total.